The number of hydrogen-bond acceptors (Lipinski definition) is 2. The molecule has 0 unspecified atom stereocenters. The van der Waals surface area contributed by atoms with Gasteiger partial charge in [-0.1, -0.05) is 24.3 Å². The van der Waals surface area contributed by atoms with Gasteiger partial charge in [0.2, 0.25) is 5.69 Å². The van der Waals surface area contributed by atoms with Gasteiger partial charge in [-0.2, -0.15) is 9.84 Å². The van der Waals surface area contributed by atoms with E-state index < -0.39 is 0 Å². The summed E-state index contributed by atoms with van der Waals surface area (Å²) in [6, 6.07) is 15.8. The Kier molecular flexibility index (Phi) is 2.77. The summed E-state index contributed by atoms with van der Waals surface area (Å²) in [4.78, 5) is 0. The van der Waals surface area contributed by atoms with Gasteiger partial charge in [-0.15, -0.1) is 0 Å². The molecule has 0 saturated heterocycles. The lowest BCUT2D eigenvalue weighted by Crippen LogP contribution is -2.21. The minimum absolute atomic E-state index is 0.427. The summed E-state index contributed by atoms with van der Waals surface area (Å²) >= 11 is 0. The molecule has 19 heavy (non-hydrogen) atoms. The predicted molar refractivity (Wildman–Crippen MR) is 72.9 cm³/mol. The zero-order valence-corrected chi connectivity index (χ0v) is 10.6. The summed E-state index contributed by atoms with van der Waals surface area (Å²) in [5.41, 5.74) is 3.69. The van der Waals surface area contributed by atoms with E-state index in [9.17, 15) is 0 Å². The molecular weight excluding hydrogens is 236 g/mol. The number of nitrogens with zero attached hydrogens (tertiary/aromatic N) is 2. The number of aryl methyl sites for hydroxylation is 1. The van der Waals surface area contributed by atoms with Crippen LogP contribution in [0.25, 0.3) is 0 Å². The highest BCUT2D eigenvalue weighted by molar-refractivity contribution is 5.82. The second-order valence-corrected chi connectivity index (χ2v) is 4.49. The van der Waals surface area contributed by atoms with E-state index in [-0.39, 0.29) is 0 Å². The smallest absolute Gasteiger partial charge is 0.292 e. The highest BCUT2D eigenvalue weighted by atomic mass is 16.5. The number of fused-ring (bicyclic) bond motifs is 1. The van der Waals surface area contributed by atoms with E-state index in [1.54, 1.807) is 0 Å². The van der Waals surface area contributed by atoms with Gasteiger partial charge in [0.25, 0.3) is 6.73 Å². The molecule has 0 spiro atoms. The molecular formula is C16H13N2O+. The van der Waals surface area contributed by atoms with Crippen molar-refractivity contribution < 1.29 is 9.31 Å². The highest BCUT2D eigenvalue weighted by Crippen LogP contribution is 2.27. The average molecular weight is 249 g/mol. The van der Waals surface area contributed by atoms with E-state index in [1.165, 1.54) is 0 Å². The van der Waals surface area contributed by atoms with Gasteiger partial charge >= 0.3 is 0 Å². The number of hydrogen-bond donors (Lipinski definition) is 0. The lowest BCUT2D eigenvalue weighted by molar-refractivity contribution is -0.476. The van der Waals surface area contributed by atoms with Gasteiger partial charge in [0.15, 0.2) is 6.21 Å². The maximum Gasteiger partial charge on any atom is 0.292 e. The summed E-state index contributed by atoms with van der Waals surface area (Å²) in [6.07, 6.45) is 2.03. The maximum absolute atomic E-state index is 9.16. The summed E-state index contributed by atoms with van der Waals surface area (Å²) in [5, 5.41) is 9.16. The monoisotopic (exact) mass is 249 g/mol. The molecule has 0 amide bonds. The average Bonchev–Trinajstić information content (AvgIpc) is 2.47. The van der Waals surface area contributed by atoms with E-state index in [4.69, 9.17) is 10.00 Å². The molecule has 0 aromatic heterocycles. The normalized spacial score (nSPS) is 12.9. The van der Waals surface area contributed by atoms with Gasteiger partial charge in [-0.25, -0.2) is 0 Å². The van der Waals surface area contributed by atoms with E-state index in [0.29, 0.717) is 12.3 Å². The van der Waals surface area contributed by atoms with Crippen molar-refractivity contribution in [3.05, 3.63) is 59.2 Å². The minimum atomic E-state index is 0.427. The number of benzene rings is 2. The predicted octanol–water partition coefficient (Wildman–Crippen LogP) is 2.98. The fourth-order valence-corrected chi connectivity index (χ4v) is 2.27. The first kappa shape index (κ1) is 11.5. The molecule has 1 heterocycles. The molecule has 0 saturated carbocycles. The van der Waals surface area contributed by atoms with Crippen molar-refractivity contribution >= 4 is 11.9 Å². The molecule has 2 aromatic carbocycles. The van der Waals surface area contributed by atoms with Crippen LogP contribution in [0.2, 0.25) is 0 Å². The van der Waals surface area contributed by atoms with Gasteiger partial charge in [0, 0.05) is 6.07 Å². The van der Waals surface area contributed by atoms with Gasteiger partial charge in [-0.3, -0.25) is 0 Å². The Balaban J connectivity index is 2.12. The van der Waals surface area contributed by atoms with Gasteiger partial charge in [0.1, 0.15) is 17.4 Å². The molecule has 0 radical (unpaired) electrons. The molecule has 3 rings (SSSR count). The van der Waals surface area contributed by atoms with Crippen LogP contribution < -0.4 is 4.74 Å². The maximum atomic E-state index is 9.16. The quantitative estimate of drug-likeness (QED) is 0.728. The topological polar surface area (TPSA) is 36.0 Å². The van der Waals surface area contributed by atoms with Crippen LogP contribution in [0.4, 0.5) is 5.69 Å². The van der Waals surface area contributed by atoms with Crippen molar-refractivity contribution in [3.63, 3.8) is 0 Å². The first-order chi connectivity index (χ1) is 9.29. The first-order valence-corrected chi connectivity index (χ1v) is 6.12. The van der Waals surface area contributed by atoms with Crippen molar-refractivity contribution in [1.82, 2.24) is 0 Å². The van der Waals surface area contributed by atoms with Crippen LogP contribution in [-0.4, -0.2) is 17.5 Å². The molecule has 2 aromatic rings. The lowest BCUT2D eigenvalue weighted by atomic mass is 10.1. The van der Waals surface area contributed by atoms with Crippen LogP contribution in [0.3, 0.4) is 0 Å². The van der Waals surface area contributed by atoms with Crippen molar-refractivity contribution in [1.29, 1.82) is 5.26 Å². The minimum Gasteiger partial charge on any atom is -0.435 e. The number of ether oxygens (including phenoxy) is 1. The Labute approximate surface area is 112 Å². The third kappa shape index (κ3) is 1.98. The molecule has 0 N–H and O–H groups in total. The van der Waals surface area contributed by atoms with E-state index >= 15 is 0 Å². The molecule has 1 aliphatic rings. The van der Waals surface area contributed by atoms with Crippen molar-refractivity contribution in [3.8, 4) is 11.8 Å². The summed E-state index contributed by atoms with van der Waals surface area (Å²) in [7, 11) is 0. The fourth-order valence-electron chi connectivity index (χ4n) is 2.27. The second-order valence-electron chi connectivity index (χ2n) is 4.49. The molecule has 92 valence electrons. The van der Waals surface area contributed by atoms with Crippen molar-refractivity contribution in [2.24, 2.45) is 0 Å². The number of para-hydroxylation sites is 2. The molecule has 3 nitrogen and oxygen atoms in total. The van der Waals surface area contributed by atoms with Crippen molar-refractivity contribution in [2.75, 3.05) is 6.73 Å². The van der Waals surface area contributed by atoms with Gasteiger partial charge in [-0.05, 0) is 24.6 Å². The molecule has 0 bridgehead atoms. The third-order valence-corrected chi connectivity index (χ3v) is 3.22. The zero-order chi connectivity index (χ0) is 13.2. The van der Waals surface area contributed by atoms with Crippen molar-refractivity contribution in [2.45, 2.75) is 6.92 Å². The van der Waals surface area contributed by atoms with Crippen LogP contribution in [0, 0.1) is 18.3 Å². The molecule has 0 fully saturated rings. The van der Waals surface area contributed by atoms with Crippen LogP contribution in [0.1, 0.15) is 16.7 Å². The summed E-state index contributed by atoms with van der Waals surface area (Å²) < 4.78 is 7.76. The zero-order valence-electron chi connectivity index (χ0n) is 10.6. The molecule has 1 aliphatic heterocycles. The van der Waals surface area contributed by atoms with E-state index in [0.717, 1.165) is 22.6 Å². The van der Waals surface area contributed by atoms with E-state index in [2.05, 4.69) is 6.07 Å². The first-order valence-electron chi connectivity index (χ1n) is 6.12. The Hall–Kier alpha value is -2.60. The molecule has 0 atom stereocenters. The SMILES string of the molecule is Cc1cccc2c1OC[N+](c1ccccc1C#N)=C2. The number of nitriles is 1. The summed E-state index contributed by atoms with van der Waals surface area (Å²) in [5.74, 6) is 0.924. The van der Waals surface area contributed by atoms with E-state index in [1.807, 2.05) is 60.2 Å². The van der Waals surface area contributed by atoms with Crippen LogP contribution in [0.5, 0.6) is 5.75 Å². The van der Waals surface area contributed by atoms with Gasteiger partial charge in [0.05, 0.1) is 5.56 Å². The Bertz CT molecular complexity index is 711. The van der Waals surface area contributed by atoms with Crippen LogP contribution >= 0.6 is 0 Å². The Morgan fingerprint density at radius 2 is 2.00 bits per heavy atom. The van der Waals surface area contributed by atoms with Gasteiger partial charge < -0.3 is 4.74 Å². The summed E-state index contributed by atoms with van der Waals surface area (Å²) in [6.45, 7) is 2.46. The fraction of sp³-hybridized carbons (Fsp3) is 0.125. The van der Waals surface area contributed by atoms with Crippen LogP contribution in [-0.2, 0) is 0 Å². The lowest BCUT2D eigenvalue weighted by Gasteiger charge is -2.15. The second kappa shape index (κ2) is 4.58. The largest absolute Gasteiger partial charge is 0.435 e. The van der Waals surface area contributed by atoms with Crippen LogP contribution in [0.15, 0.2) is 42.5 Å². The molecule has 3 heteroatoms. The third-order valence-electron chi connectivity index (χ3n) is 3.22. The molecule has 0 aliphatic carbocycles. The Morgan fingerprint density at radius 1 is 1.16 bits per heavy atom. The standard InChI is InChI=1S/C16H13N2O/c1-12-5-4-7-14-10-18(11-19-16(12)14)15-8-3-2-6-13(15)9-17/h2-8,10H,11H2,1H3/q+1. The highest BCUT2D eigenvalue weighted by Gasteiger charge is 2.22. The number of rotatable bonds is 1. The Morgan fingerprint density at radius 3 is 2.84 bits per heavy atom.